The summed E-state index contributed by atoms with van der Waals surface area (Å²) in [5.41, 5.74) is 4.23. The van der Waals surface area contributed by atoms with Crippen molar-refractivity contribution in [1.82, 2.24) is 9.56 Å². The second-order valence-electron chi connectivity index (χ2n) is 14.2. The molecule has 5 rings (SSSR count). The summed E-state index contributed by atoms with van der Waals surface area (Å²) < 4.78 is 11.2. The van der Waals surface area contributed by atoms with E-state index in [1.807, 2.05) is 36.4 Å². The molecule has 7 nitrogen and oxygen atoms in total. The van der Waals surface area contributed by atoms with Crippen LogP contribution in [-0.2, 0) is 14.0 Å². The number of allylic oxidation sites excluding steroid dienone is 1. The maximum absolute atomic E-state index is 13.6. The van der Waals surface area contributed by atoms with Crippen molar-refractivity contribution in [3.63, 3.8) is 0 Å². The number of rotatable bonds is 7. The van der Waals surface area contributed by atoms with Crippen LogP contribution in [-0.4, -0.2) is 52.4 Å². The molecule has 2 aromatic rings. The summed E-state index contributed by atoms with van der Waals surface area (Å²) in [4.78, 5) is 27.1. The van der Waals surface area contributed by atoms with Gasteiger partial charge in [0, 0.05) is 19.3 Å². The van der Waals surface area contributed by atoms with Crippen molar-refractivity contribution >= 4 is 47.7 Å². The molecule has 0 bridgehead atoms. The predicted octanol–water partition coefficient (Wildman–Crippen LogP) is 9.47. The Hall–Kier alpha value is -2.66. The minimum atomic E-state index is -2.44. The standard InChI is InChI=1S/C35H48N4O3P2Si/c1-22(2)45(23(3)4,24(5)6)42-33(35(9,10)11)34-43-31(29(36-38(43)25(7)40)27-18-14-12-15-19-27)32-30(28-20-16-13-17-21-28)37-39(26(8)41)44(32)34/h12-24,31-32H,1-11H3/t31-,32-,43?,44?/m0/s1. The lowest BCUT2D eigenvalue weighted by Gasteiger charge is -2.46. The number of hydrogen-bond acceptors (Lipinski definition) is 5. The first-order valence-electron chi connectivity index (χ1n) is 16.0. The van der Waals surface area contributed by atoms with Gasteiger partial charge in [0.05, 0.1) is 49.7 Å². The fourth-order valence-electron chi connectivity index (χ4n) is 7.39. The van der Waals surface area contributed by atoms with Crippen molar-refractivity contribution in [2.75, 3.05) is 0 Å². The molecule has 2 amide bonds. The van der Waals surface area contributed by atoms with Gasteiger partial charge in [-0.2, -0.15) is 10.2 Å². The highest BCUT2D eigenvalue weighted by Gasteiger charge is 2.65. The van der Waals surface area contributed by atoms with E-state index in [0.717, 1.165) is 33.4 Å². The van der Waals surface area contributed by atoms with E-state index in [1.54, 1.807) is 23.4 Å². The Bertz CT molecular complexity index is 1440. The van der Waals surface area contributed by atoms with Gasteiger partial charge in [-0.05, 0) is 27.8 Å². The number of fused-ring (bicyclic) bond motifs is 3. The first-order chi connectivity index (χ1) is 21.1. The van der Waals surface area contributed by atoms with Crippen LogP contribution >= 0.6 is 16.1 Å². The summed E-state index contributed by atoms with van der Waals surface area (Å²) in [5, 5.41) is 11.3. The van der Waals surface area contributed by atoms with Crippen LogP contribution in [0.25, 0.3) is 0 Å². The second-order valence-corrected chi connectivity index (χ2v) is 24.1. The lowest BCUT2D eigenvalue weighted by Crippen LogP contribution is -2.48. The van der Waals surface area contributed by atoms with Gasteiger partial charge in [0.1, 0.15) is 0 Å². The molecule has 0 aliphatic carbocycles. The maximum Gasteiger partial charge on any atom is 0.258 e. The number of amides is 2. The molecule has 0 spiro atoms. The SMILES string of the molecule is CC(=O)N1N=C(c2ccccc2)[C@H]2[C@@H]3C(c4ccccc4)=NN(C(C)=O)P3C(=C(O[Si](C(C)C)(C(C)C)C(C)C)C(C)(C)C)P21. The molecular formula is C35H48N4O3P2Si. The highest BCUT2D eigenvalue weighted by Crippen LogP contribution is 2.83. The number of nitrogens with zero attached hydrogens (tertiary/aromatic N) is 4. The van der Waals surface area contributed by atoms with E-state index in [1.165, 1.54) is 0 Å². The van der Waals surface area contributed by atoms with E-state index in [2.05, 4.69) is 86.6 Å². The van der Waals surface area contributed by atoms with Crippen molar-refractivity contribution < 1.29 is 14.0 Å². The zero-order valence-corrected chi connectivity index (χ0v) is 31.4. The van der Waals surface area contributed by atoms with E-state index in [4.69, 9.17) is 14.6 Å². The third-order valence-corrected chi connectivity index (χ3v) is 21.6. The maximum atomic E-state index is 13.6. The highest BCUT2D eigenvalue weighted by atomic mass is 31.2. The number of carbonyl (C=O) groups is 2. The Morgan fingerprint density at radius 2 is 1.07 bits per heavy atom. The van der Waals surface area contributed by atoms with Gasteiger partial charge < -0.3 is 4.43 Å². The zero-order chi connectivity index (χ0) is 33.0. The molecule has 3 aliphatic heterocycles. The van der Waals surface area contributed by atoms with Crippen molar-refractivity contribution in [2.24, 2.45) is 15.6 Å². The first-order valence-corrected chi connectivity index (χ1v) is 20.9. The van der Waals surface area contributed by atoms with Gasteiger partial charge in [0.2, 0.25) is 11.8 Å². The quantitative estimate of drug-likeness (QED) is 0.168. The third-order valence-electron chi connectivity index (χ3n) is 9.21. The fraction of sp³-hybridized carbons (Fsp3) is 0.486. The summed E-state index contributed by atoms with van der Waals surface area (Å²) in [6.45, 7) is 23.7. The average Bonchev–Trinajstić information content (AvgIpc) is 3.63. The zero-order valence-electron chi connectivity index (χ0n) is 28.6. The van der Waals surface area contributed by atoms with E-state index in [0.29, 0.717) is 16.6 Å². The minimum Gasteiger partial charge on any atom is -0.545 e. The lowest BCUT2D eigenvalue weighted by molar-refractivity contribution is -0.124. The van der Waals surface area contributed by atoms with Crippen molar-refractivity contribution in [1.29, 1.82) is 0 Å². The van der Waals surface area contributed by atoms with Crippen LogP contribution < -0.4 is 0 Å². The summed E-state index contributed by atoms with van der Waals surface area (Å²) in [6.07, 6.45) is 0. The summed E-state index contributed by atoms with van der Waals surface area (Å²) in [7, 11) is -5.09. The summed E-state index contributed by atoms with van der Waals surface area (Å²) in [6, 6.07) is 20.4. The molecule has 4 atom stereocenters. The van der Waals surface area contributed by atoms with E-state index in [-0.39, 0.29) is 28.5 Å². The Balaban J connectivity index is 1.87. The molecule has 1 fully saturated rings. The van der Waals surface area contributed by atoms with Gasteiger partial charge in [0.15, 0.2) is 0 Å². The highest BCUT2D eigenvalue weighted by molar-refractivity contribution is 7.86. The molecule has 10 heteroatoms. The van der Waals surface area contributed by atoms with Crippen molar-refractivity contribution in [3.8, 4) is 0 Å². The van der Waals surface area contributed by atoms with Crippen LogP contribution in [0.1, 0.15) is 87.3 Å². The van der Waals surface area contributed by atoms with Crippen LogP contribution in [0.5, 0.6) is 0 Å². The Labute approximate surface area is 272 Å². The Morgan fingerprint density at radius 1 is 0.711 bits per heavy atom. The lowest BCUT2D eigenvalue weighted by atomic mass is 9.95. The van der Waals surface area contributed by atoms with E-state index >= 15 is 0 Å². The fourth-order valence-corrected chi connectivity index (χ4v) is 21.1. The molecule has 0 N–H and O–H groups in total. The van der Waals surface area contributed by atoms with Crippen molar-refractivity contribution in [2.45, 2.75) is 104 Å². The molecular weight excluding hydrogens is 614 g/mol. The van der Waals surface area contributed by atoms with Gasteiger partial charge in [-0.1, -0.05) is 123 Å². The molecule has 0 radical (unpaired) electrons. The monoisotopic (exact) mass is 662 g/mol. The smallest absolute Gasteiger partial charge is 0.258 e. The van der Waals surface area contributed by atoms with Crippen LogP contribution in [0.2, 0.25) is 16.6 Å². The molecule has 2 aromatic carbocycles. The first kappa shape index (κ1) is 33.7. The Kier molecular flexibility index (Phi) is 9.36. The molecule has 3 heterocycles. The van der Waals surface area contributed by atoms with Crippen LogP contribution in [0, 0.1) is 5.41 Å². The molecule has 1 saturated heterocycles. The molecule has 0 aromatic heterocycles. The number of carbonyl (C=O) groups excluding carboxylic acids is 2. The van der Waals surface area contributed by atoms with Crippen LogP contribution in [0.3, 0.4) is 0 Å². The van der Waals surface area contributed by atoms with E-state index in [9.17, 15) is 9.59 Å². The predicted molar refractivity (Wildman–Crippen MR) is 191 cm³/mol. The van der Waals surface area contributed by atoms with Crippen LogP contribution in [0.15, 0.2) is 81.7 Å². The topological polar surface area (TPSA) is 74.6 Å². The van der Waals surface area contributed by atoms with Crippen molar-refractivity contribution in [3.05, 3.63) is 82.6 Å². The Morgan fingerprint density at radius 3 is 1.36 bits per heavy atom. The number of hydrogen-bond donors (Lipinski definition) is 0. The van der Waals surface area contributed by atoms with Gasteiger partial charge >= 0.3 is 0 Å². The van der Waals surface area contributed by atoms with Gasteiger partial charge in [-0.25, -0.2) is 9.56 Å². The summed E-state index contributed by atoms with van der Waals surface area (Å²) in [5.74, 6) is 0.764. The minimum absolute atomic E-state index is 0.0911. The molecule has 3 aliphatic rings. The molecule has 45 heavy (non-hydrogen) atoms. The average molecular weight is 663 g/mol. The molecule has 240 valence electrons. The number of benzene rings is 2. The van der Waals surface area contributed by atoms with Gasteiger partial charge in [-0.15, -0.1) is 0 Å². The summed E-state index contributed by atoms with van der Waals surface area (Å²) >= 11 is 0. The van der Waals surface area contributed by atoms with E-state index < -0.39 is 24.5 Å². The third kappa shape index (κ3) is 5.66. The second kappa shape index (κ2) is 12.5. The van der Waals surface area contributed by atoms with Crippen LogP contribution in [0.4, 0.5) is 0 Å². The molecule has 2 unspecified atom stereocenters. The van der Waals surface area contributed by atoms with Gasteiger partial charge in [-0.3, -0.25) is 9.59 Å². The van der Waals surface area contributed by atoms with Gasteiger partial charge in [0.25, 0.3) is 8.32 Å². The molecule has 0 saturated carbocycles. The number of hydrazone groups is 2. The largest absolute Gasteiger partial charge is 0.545 e. The normalized spacial score (nSPS) is 23.0.